The van der Waals surface area contributed by atoms with E-state index in [1.807, 2.05) is 6.07 Å². The van der Waals surface area contributed by atoms with E-state index < -0.39 is 5.97 Å². The van der Waals surface area contributed by atoms with Gasteiger partial charge in [-0.15, -0.1) is 5.10 Å². The highest BCUT2D eigenvalue weighted by Crippen LogP contribution is 2.30. The number of fused-ring (bicyclic) bond motifs is 1. The molecule has 10 heteroatoms. The predicted molar refractivity (Wildman–Crippen MR) is 104 cm³/mol. The lowest BCUT2D eigenvalue weighted by molar-refractivity contribution is -0.116. The number of carboxylic acid groups (broad SMARTS) is 1. The van der Waals surface area contributed by atoms with Gasteiger partial charge < -0.3 is 10.0 Å². The first-order valence-corrected chi connectivity index (χ1v) is 9.63. The van der Waals surface area contributed by atoms with Crippen LogP contribution in [0, 0.1) is 11.3 Å². The van der Waals surface area contributed by atoms with E-state index in [-0.39, 0.29) is 17.2 Å². The normalized spacial score (nSPS) is 12.4. The molecule has 0 fully saturated rings. The highest BCUT2D eigenvalue weighted by Gasteiger charge is 2.25. The van der Waals surface area contributed by atoms with Crippen molar-refractivity contribution in [1.82, 2.24) is 20.2 Å². The maximum atomic E-state index is 12.7. The van der Waals surface area contributed by atoms with Crippen LogP contribution in [-0.2, 0) is 11.2 Å². The third kappa shape index (κ3) is 3.68. The molecule has 2 heterocycles. The monoisotopic (exact) mass is 406 g/mol. The molecule has 0 unspecified atom stereocenters. The number of nitrogens with zero attached hydrogens (tertiary/aromatic N) is 6. The summed E-state index contributed by atoms with van der Waals surface area (Å²) in [5, 5.41) is 30.0. The number of anilines is 1. The lowest BCUT2D eigenvalue weighted by atomic mass is 10.1. The number of hydrogen-bond acceptors (Lipinski definition) is 7. The summed E-state index contributed by atoms with van der Waals surface area (Å²) >= 11 is 1.20. The van der Waals surface area contributed by atoms with Crippen LogP contribution in [0.4, 0.5) is 5.69 Å². The summed E-state index contributed by atoms with van der Waals surface area (Å²) in [5.74, 6) is -0.942. The van der Waals surface area contributed by atoms with Gasteiger partial charge >= 0.3 is 5.97 Å². The molecule has 0 spiro atoms. The fourth-order valence-electron chi connectivity index (χ4n) is 3.11. The van der Waals surface area contributed by atoms with Gasteiger partial charge in [0.05, 0.1) is 28.6 Å². The number of carboxylic acids is 1. The second-order valence-corrected chi connectivity index (χ2v) is 7.21. The van der Waals surface area contributed by atoms with Crippen LogP contribution >= 0.6 is 11.8 Å². The van der Waals surface area contributed by atoms with E-state index in [2.05, 4.69) is 21.6 Å². The molecule has 4 rings (SSSR count). The summed E-state index contributed by atoms with van der Waals surface area (Å²) in [6.07, 6.45) is 0.717. The van der Waals surface area contributed by atoms with E-state index in [4.69, 9.17) is 10.4 Å². The van der Waals surface area contributed by atoms with E-state index in [0.29, 0.717) is 23.0 Å². The number of rotatable bonds is 5. The van der Waals surface area contributed by atoms with Crippen LogP contribution in [0.25, 0.3) is 5.69 Å². The third-order valence-electron chi connectivity index (χ3n) is 4.53. The van der Waals surface area contributed by atoms with Crippen LogP contribution in [0.15, 0.2) is 47.6 Å². The van der Waals surface area contributed by atoms with Gasteiger partial charge in [-0.2, -0.15) is 9.94 Å². The second-order valence-electron chi connectivity index (χ2n) is 6.26. The summed E-state index contributed by atoms with van der Waals surface area (Å²) in [5.41, 5.74) is 3.17. The average molecular weight is 406 g/mol. The molecular formula is C19H14N6O3S. The van der Waals surface area contributed by atoms with Crippen LogP contribution < -0.4 is 4.90 Å². The third-order valence-corrected chi connectivity index (χ3v) is 5.43. The van der Waals surface area contributed by atoms with E-state index in [0.717, 1.165) is 17.7 Å². The minimum atomic E-state index is -1.01. The second kappa shape index (κ2) is 7.73. The van der Waals surface area contributed by atoms with Gasteiger partial charge in [-0.25, -0.2) is 4.79 Å². The van der Waals surface area contributed by atoms with Crippen molar-refractivity contribution in [3.63, 3.8) is 0 Å². The Morgan fingerprint density at radius 3 is 2.72 bits per heavy atom. The smallest absolute Gasteiger partial charge is 0.335 e. The van der Waals surface area contributed by atoms with Gasteiger partial charge in [0.15, 0.2) is 0 Å². The molecule has 144 valence electrons. The minimum absolute atomic E-state index is 0.0748. The van der Waals surface area contributed by atoms with E-state index >= 15 is 0 Å². The Morgan fingerprint density at radius 2 is 2.00 bits per heavy atom. The molecule has 2 aromatic carbocycles. The van der Waals surface area contributed by atoms with E-state index in [1.165, 1.54) is 28.6 Å². The first-order valence-electron chi connectivity index (χ1n) is 8.65. The maximum absolute atomic E-state index is 12.7. The van der Waals surface area contributed by atoms with E-state index in [1.54, 1.807) is 29.2 Å². The summed E-state index contributed by atoms with van der Waals surface area (Å²) in [7, 11) is 0. The zero-order valence-electron chi connectivity index (χ0n) is 15.0. The molecule has 29 heavy (non-hydrogen) atoms. The van der Waals surface area contributed by atoms with Crippen molar-refractivity contribution in [3.05, 3.63) is 59.2 Å². The molecule has 1 amide bonds. The van der Waals surface area contributed by atoms with Gasteiger partial charge in [0, 0.05) is 12.2 Å². The molecule has 0 aliphatic carbocycles. The average Bonchev–Trinajstić information content (AvgIpc) is 3.38. The quantitative estimate of drug-likeness (QED) is 0.637. The van der Waals surface area contributed by atoms with Crippen molar-refractivity contribution in [1.29, 1.82) is 5.26 Å². The summed E-state index contributed by atoms with van der Waals surface area (Å²) < 4.78 is 1.46. The number of aromatic nitrogens is 4. The molecule has 1 aliphatic rings. The SMILES string of the molecule is N#Cc1ccc2c(c1)CCN2C(=O)CSc1nnnn1-c1ccc(C(=O)O)cc1. The molecule has 9 nitrogen and oxygen atoms in total. The Labute approximate surface area is 169 Å². The number of benzene rings is 2. The fraction of sp³-hybridized carbons (Fsp3) is 0.158. The number of nitriles is 1. The number of thioether (sulfide) groups is 1. The van der Waals surface area contributed by atoms with Crippen LogP contribution in [0.1, 0.15) is 21.5 Å². The van der Waals surface area contributed by atoms with Crippen molar-refractivity contribution in [2.45, 2.75) is 11.6 Å². The Balaban J connectivity index is 1.46. The first kappa shape index (κ1) is 18.6. The van der Waals surface area contributed by atoms with Crippen molar-refractivity contribution in [2.75, 3.05) is 17.2 Å². The van der Waals surface area contributed by atoms with Crippen LogP contribution in [0.5, 0.6) is 0 Å². The van der Waals surface area contributed by atoms with Crippen molar-refractivity contribution >= 4 is 29.3 Å². The molecule has 3 aromatic rings. The predicted octanol–water partition coefficient (Wildman–Crippen LogP) is 1.91. The Bertz CT molecular complexity index is 1140. The lowest BCUT2D eigenvalue weighted by Crippen LogP contribution is -2.30. The summed E-state index contributed by atoms with van der Waals surface area (Å²) in [6, 6.07) is 13.6. The van der Waals surface area contributed by atoms with Crippen LogP contribution in [-0.4, -0.2) is 49.5 Å². The molecule has 0 saturated heterocycles. The summed E-state index contributed by atoms with van der Waals surface area (Å²) in [6.45, 7) is 0.575. The van der Waals surface area contributed by atoms with Crippen molar-refractivity contribution in [3.8, 4) is 11.8 Å². The molecule has 1 N–H and O–H groups in total. The van der Waals surface area contributed by atoms with Crippen LogP contribution in [0.3, 0.4) is 0 Å². The zero-order chi connectivity index (χ0) is 20.4. The fourth-order valence-corrected chi connectivity index (χ4v) is 3.88. The Hall–Kier alpha value is -3.71. The molecule has 0 saturated carbocycles. The number of aromatic carboxylic acids is 1. The van der Waals surface area contributed by atoms with Gasteiger partial charge in [0.2, 0.25) is 11.1 Å². The topological polar surface area (TPSA) is 125 Å². The van der Waals surface area contributed by atoms with Crippen molar-refractivity contribution < 1.29 is 14.7 Å². The Morgan fingerprint density at radius 1 is 1.21 bits per heavy atom. The van der Waals surface area contributed by atoms with Gasteiger partial charge in [0.25, 0.3) is 0 Å². The molecule has 0 radical (unpaired) electrons. The first-order chi connectivity index (χ1) is 14.1. The van der Waals surface area contributed by atoms with E-state index in [9.17, 15) is 9.59 Å². The largest absolute Gasteiger partial charge is 0.478 e. The highest BCUT2D eigenvalue weighted by atomic mass is 32.2. The molecule has 1 aliphatic heterocycles. The number of carbonyl (C=O) groups excluding carboxylic acids is 1. The van der Waals surface area contributed by atoms with Gasteiger partial charge in [-0.3, -0.25) is 4.79 Å². The van der Waals surface area contributed by atoms with Gasteiger partial charge in [-0.05, 0) is 64.9 Å². The highest BCUT2D eigenvalue weighted by molar-refractivity contribution is 7.99. The molecule has 1 aromatic heterocycles. The standard InChI is InChI=1S/C19H14N6O3S/c20-10-12-1-6-16-14(9-12)7-8-24(16)17(26)11-29-19-21-22-23-25(19)15-4-2-13(3-5-15)18(27)28/h1-6,9H,7-8,11H2,(H,27,28). The summed E-state index contributed by atoms with van der Waals surface area (Å²) in [4.78, 5) is 25.4. The van der Waals surface area contributed by atoms with Gasteiger partial charge in [-0.1, -0.05) is 11.8 Å². The number of tetrazole rings is 1. The maximum Gasteiger partial charge on any atom is 0.335 e. The van der Waals surface area contributed by atoms with Crippen LogP contribution in [0.2, 0.25) is 0 Å². The van der Waals surface area contributed by atoms with Gasteiger partial charge in [0.1, 0.15) is 0 Å². The molecule has 0 atom stereocenters. The number of carbonyl (C=O) groups is 2. The number of hydrogen-bond donors (Lipinski definition) is 1. The zero-order valence-corrected chi connectivity index (χ0v) is 15.8. The lowest BCUT2D eigenvalue weighted by Gasteiger charge is -2.17. The molecule has 0 bridgehead atoms. The molecular weight excluding hydrogens is 392 g/mol. The van der Waals surface area contributed by atoms with Crippen molar-refractivity contribution in [2.24, 2.45) is 0 Å². The number of amides is 1. The Kier molecular flexibility index (Phi) is 4.97. The minimum Gasteiger partial charge on any atom is -0.478 e.